The van der Waals surface area contributed by atoms with Crippen molar-refractivity contribution in [2.75, 3.05) is 19.0 Å². The minimum Gasteiger partial charge on any atom is -0.477 e. The minimum absolute atomic E-state index is 0.182. The van der Waals surface area contributed by atoms with Gasteiger partial charge in [-0.1, -0.05) is 11.3 Å². The Hall–Kier alpha value is -1.89. The molecule has 16 heavy (non-hydrogen) atoms. The fourth-order valence-corrected chi connectivity index (χ4v) is 1.97. The predicted octanol–water partition coefficient (Wildman–Crippen LogP) is 1.09. The van der Waals surface area contributed by atoms with Gasteiger partial charge in [-0.2, -0.15) is 0 Å². The van der Waals surface area contributed by atoms with E-state index in [1.807, 2.05) is 19.0 Å². The molecular weight excluding hydrogens is 228 g/mol. The van der Waals surface area contributed by atoms with E-state index in [2.05, 4.69) is 10.2 Å². The molecule has 84 valence electrons. The van der Waals surface area contributed by atoms with E-state index in [9.17, 15) is 4.79 Å². The van der Waals surface area contributed by atoms with Crippen molar-refractivity contribution in [2.45, 2.75) is 0 Å². The average Bonchev–Trinajstić information content (AvgIpc) is 2.86. The predicted molar refractivity (Wildman–Crippen MR) is 60.5 cm³/mol. The van der Waals surface area contributed by atoms with Crippen molar-refractivity contribution in [1.82, 2.24) is 14.8 Å². The van der Waals surface area contributed by atoms with Crippen molar-refractivity contribution in [1.29, 1.82) is 0 Å². The highest BCUT2D eigenvalue weighted by atomic mass is 32.1. The first-order valence-corrected chi connectivity index (χ1v) is 5.33. The average molecular weight is 238 g/mol. The number of carbonyl (C=O) groups is 1. The molecule has 0 aromatic carbocycles. The zero-order valence-electron chi connectivity index (χ0n) is 8.78. The van der Waals surface area contributed by atoms with Crippen LogP contribution in [0.4, 0.5) is 5.13 Å². The highest BCUT2D eigenvalue weighted by Gasteiger charge is 2.14. The van der Waals surface area contributed by atoms with Gasteiger partial charge < -0.3 is 10.0 Å². The smallest absolute Gasteiger partial charge is 0.352 e. The van der Waals surface area contributed by atoms with Crippen LogP contribution in [0.3, 0.4) is 0 Å². The van der Waals surface area contributed by atoms with Crippen molar-refractivity contribution in [3.05, 3.63) is 24.0 Å². The minimum atomic E-state index is -0.980. The molecular formula is C9H10N4O2S. The number of aromatic nitrogens is 3. The maximum Gasteiger partial charge on any atom is 0.352 e. The van der Waals surface area contributed by atoms with Gasteiger partial charge >= 0.3 is 5.97 Å². The summed E-state index contributed by atoms with van der Waals surface area (Å²) in [5.74, 6) is -0.980. The van der Waals surface area contributed by atoms with Gasteiger partial charge in [-0.05, 0) is 12.1 Å². The van der Waals surface area contributed by atoms with Gasteiger partial charge in [0.25, 0.3) is 0 Å². The van der Waals surface area contributed by atoms with Crippen LogP contribution in [0.5, 0.6) is 0 Å². The first-order valence-electron chi connectivity index (χ1n) is 4.51. The molecule has 0 saturated carbocycles. The molecule has 0 saturated heterocycles. The lowest BCUT2D eigenvalue weighted by Crippen LogP contribution is -2.07. The summed E-state index contributed by atoms with van der Waals surface area (Å²) in [5.41, 5.74) is 0.182. The van der Waals surface area contributed by atoms with Crippen LogP contribution in [0.1, 0.15) is 10.5 Å². The Labute approximate surface area is 95.8 Å². The van der Waals surface area contributed by atoms with Crippen molar-refractivity contribution in [2.24, 2.45) is 0 Å². The molecule has 7 heteroatoms. The third-order valence-corrected chi connectivity index (χ3v) is 3.05. The second-order valence-corrected chi connectivity index (χ2v) is 4.26. The molecule has 2 heterocycles. The molecule has 0 fully saturated rings. The lowest BCUT2D eigenvalue weighted by Gasteiger charge is -2.04. The van der Waals surface area contributed by atoms with E-state index in [-0.39, 0.29) is 5.69 Å². The normalized spacial score (nSPS) is 10.4. The van der Waals surface area contributed by atoms with E-state index in [0.29, 0.717) is 5.13 Å². The Morgan fingerprint density at radius 2 is 2.25 bits per heavy atom. The van der Waals surface area contributed by atoms with Crippen molar-refractivity contribution >= 4 is 22.4 Å². The quantitative estimate of drug-likeness (QED) is 0.866. The second kappa shape index (κ2) is 3.93. The van der Waals surface area contributed by atoms with Gasteiger partial charge in [-0.15, -0.1) is 10.2 Å². The monoisotopic (exact) mass is 238 g/mol. The number of anilines is 1. The molecule has 2 aromatic rings. The van der Waals surface area contributed by atoms with E-state index >= 15 is 0 Å². The lowest BCUT2D eigenvalue weighted by molar-refractivity contribution is 0.0688. The van der Waals surface area contributed by atoms with Crippen LogP contribution < -0.4 is 4.90 Å². The highest BCUT2D eigenvalue weighted by Crippen LogP contribution is 2.22. The van der Waals surface area contributed by atoms with Crippen LogP contribution in [0, 0.1) is 0 Å². The largest absolute Gasteiger partial charge is 0.477 e. The van der Waals surface area contributed by atoms with Crippen LogP contribution >= 0.6 is 11.3 Å². The summed E-state index contributed by atoms with van der Waals surface area (Å²) >= 11 is 1.33. The molecule has 1 N–H and O–H groups in total. The Morgan fingerprint density at radius 3 is 2.81 bits per heavy atom. The first kappa shape index (κ1) is 10.6. The maximum atomic E-state index is 10.9. The molecule has 2 rings (SSSR count). The summed E-state index contributed by atoms with van der Waals surface area (Å²) in [7, 11) is 3.72. The number of hydrogen-bond donors (Lipinski definition) is 1. The van der Waals surface area contributed by atoms with Crippen LogP contribution in [0.15, 0.2) is 18.3 Å². The molecule has 0 aliphatic carbocycles. The van der Waals surface area contributed by atoms with Crippen molar-refractivity contribution in [3.63, 3.8) is 0 Å². The van der Waals surface area contributed by atoms with Crippen molar-refractivity contribution < 1.29 is 9.90 Å². The van der Waals surface area contributed by atoms with E-state index < -0.39 is 5.97 Å². The molecule has 0 amide bonds. The highest BCUT2D eigenvalue weighted by molar-refractivity contribution is 7.17. The van der Waals surface area contributed by atoms with Crippen LogP contribution in [-0.4, -0.2) is 39.9 Å². The molecule has 0 aliphatic heterocycles. The maximum absolute atomic E-state index is 10.9. The third-order valence-electron chi connectivity index (χ3n) is 1.96. The topological polar surface area (TPSA) is 71.2 Å². The number of carboxylic acid groups (broad SMARTS) is 1. The molecule has 0 bridgehead atoms. The van der Waals surface area contributed by atoms with Gasteiger partial charge in [0, 0.05) is 20.3 Å². The summed E-state index contributed by atoms with van der Waals surface area (Å²) in [6, 6.07) is 3.19. The Balaban J connectivity index is 2.42. The van der Waals surface area contributed by atoms with E-state index in [0.717, 1.165) is 5.13 Å². The number of nitrogens with zero attached hydrogens (tertiary/aromatic N) is 4. The van der Waals surface area contributed by atoms with Crippen LogP contribution in [-0.2, 0) is 0 Å². The molecule has 0 atom stereocenters. The van der Waals surface area contributed by atoms with Gasteiger partial charge in [-0.25, -0.2) is 4.79 Å². The van der Waals surface area contributed by atoms with Gasteiger partial charge in [0.2, 0.25) is 10.3 Å². The second-order valence-electron chi connectivity index (χ2n) is 3.33. The molecule has 0 unspecified atom stereocenters. The molecule has 6 nitrogen and oxygen atoms in total. The van der Waals surface area contributed by atoms with Crippen molar-refractivity contribution in [3.8, 4) is 5.13 Å². The molecule has 0 aliphatic rings. The molecule has 0 radical (unpaired) electrons. The van der Waals surface area contributed by atoms with Gasteiger partial charge in [-0.3, -0.25) is 4.57 Å². The van der Waals surface area contributed by atoms with Crippen LogP contribution in [0.2, 0.25) is 0 Å². The first-order chi connectivity index (χ1) is 7.59. The van der Waals surface area contributed by atoms with Gasteiger partial charge in [0.15, 0.2) is 0 Å². The zero-order valence-corrected chi connectivity index (χ0v) is 9.60. The van der Waals surface area contributed by atoms with E-state index in [1.165, 1.54) is 22.0 Å². The zero-order chi connectivity index (χ0) is 11.7. The Kier molecular flexibility index (Phi) is 2.61. The van der Waals surface area contributed by atoms with Crippen LogP contribution in [0.25, 0.3) is 5.13 Å². The third kappa shape index (κ3) is 1.76. The molecule has 0 spiro atoms. The Morgan fingerprint density at radius 1 is 1.50 bits per heavy atom. The van der Waals surface area contributed by atoms with E-state index in [1.54, 1.807) is 12.3 Å². The number of aromatic carboxylic acids is 1. The fraction of sp³-hybridized carbons (Fsp3) is 0.222. The summed E-state index contributed by atoms with van der Waals surface area (Å²) in [4.78, 5) is 12.7. The molecule has 2 aromatic heterocycles. The number of hydrogen-bond acceptors (Lipinski definition) is 5. The standard InChI is InChI=1S/C9H10N4O2S/c1-12(2)8-10-11-9(16-8)13-5-3-4-6(13)7(14)15/h3-5H,1-2H3,(H,14,15). The SMILES string of the molecule is CN(C)c1nnc(-n2cccc2C(=O)O)s1. The summed E-state index contributed by atoms with van der Waals surface area (Å²) in [5, 5.41) is 18.1. The lowest BCUT2D eigenvalue weighted by atomic mass is 10.4. The number of carboxylic acids is 1. The fourth-order valence-electron chi connectivity index (χ4n) is 1.21. The summed E-state index contributed by atoms with van der Waals surface area (Å²) in [6.45, 7) is 0. The van der Waals surface area contributed by atoms with Gasteiger partial charge in [0.1, 0.15) is 5.69 Å². The Bertz CT molecular complexity index is 517. The summed E-state index contributed by atoms with van der Waals surface area (Å²) in [6.07, 6.45) is 1.66. The summed E-state index contributed by atoms with van der Waals surface area (Å²) < 4.78 is 1.51. The van der Waals surface area contributed by atoms with E-state index in [4.69, 9.17) is 5.11 Å². The van der Waals surface area contributed by atoms with Gasteiger partial charge in [0.05, 0.1) is 0 Å². The number of rotatable bonds is 3.